The van der Waals surface area contributed by atoms with Crippen LogP contribution in [-0.2, 0) is 5.41 Å². The maximum atomic E-state index is 6.14. The molecule has 0 spiro atoms. The van der Waals surface area contributed by atoms with Crippen LogP contribution in [0.25, 0.3) is 0 Å². The maximum Gasteiger partial charge on any atom is 0.138 e. The summed E-state index contributed by atoms with van der Waals surface area (Å²) in [4.78, 5) is 11.7. The number of rotatable bonds is 5. The molecule has 0 aliphatic heterocycles. The zero-order valence-electron chi connectivity index (χ0n) is 15.0. The summed E-state index contributed by atoms with van der Waals surface area (Å²) in [5.74, 6) is 3.57. The van der Waals surface area contributed by atoms with Crippen molar-refractivity contribution in [3.8, 4) is 0 Å². The number of hydrogen-bond acceptors (Lipinski definition) is 4. The van der Waals surface area contributed by atoms with Crippen LogP contribution in [0.5, 0.6) is 0 Å². The van der Waals surface area contributed by atoms with Crippen LogP contribution >= 0.6 is 0 Å². The fourth-order valence-corrected chi connectivity index (χ4v) is 2.29. The fourth-order valence-electron chi connectivity index (χ4n) is 2.29. The molecular weight excluding hydrogens is 260 g/mol. The minimum atomic E-state index is -0.0993. The molecule has 1 rings (SSSR count). The van der Waals surface area contributed by atoms with Gasteiger partial charge in [0, 0.05) is 24.1 Å². The number of aromatic nitrogens is 2. The van der Waals surface area contributed by atoms with Gasteiger partial charge in [0.1, 0.15) is 17.5 Å². The van der Waals surface area contributed by atoms with Gasteiger partial charge in [-0.05, 0) is 18.8 Å². The molecule has 0 aromatic carbocycles. The summed E-state index contributed by atoms with van der Waals surface area (Å²) in [6.45, 7) is 19.3. The number of nitrogens with zero attached hydrogens (tertiary/aromatic N) is 3. The lowest BCUT2D eigenvalue weighted by Gasteiger charge is -2.30. The molecular formula is C17H32N4. The molecule has 1 aromatic rings. The summed E-state index contributed by atoms with van der Waals surface area (Å²) in [5.41, 5.74) is 7.03. The van der Waals surface area contributed by atoms with Crippen molar-refractivity contribution in [2.45, 2.75) is 60.8 Å². The SMILES string of the molecule is Cc1c(N)nc(C(C)(C)C)nc1N(CC(C)C)CC(C)C. The highest BCUT2D eigenvalue weighted by atomic mass is 15.2. The highest BCUT2D eigenvalue weighted by Crippen LogP contribution is 2.28. The Morgan fingerprint density at radius 2 is 1.48 bits per heavy atom. The molecule has 21 heavy (non-hydrogen) atoms. The quantitative estimate of drug-likeness (QED) is 0.897. The Morgan fingerprint density at radius 1 is 1.00 bits per heavy atom. The minimum Gasteiger partial charge on any atom is -0.383 e. The molecule has 4 nitrogen and oxygen atoms in total. The standard InChI is InChI=1S/C17H32N4/c1-11(2)9-21(10-12(3)4)15-13(5)14(18)19-16(20-15)17(6,7)8/h11-12H,9-10H2,1-8H3,(H2,18,19,20). The fraction of sp³-hybridized carbons (Fsp3) is 0.765. The average Bonchev–Trinajstić information content (AvgIpc) is 2.28. The van der Waals surface area contributed by atoms with Gasteiger partial charge in [0.05, 0.1) is 0 Å². The summed E-state index contributed by atoms with van der Waals surface area (Å²) in [7, 11) is 0. The van der Waals surface area contributed by atoms with Gasteiger partial charge < -0.3 is 10.6 Å². The Labute approximate surface area is 130 Å². The molecule has 1 aromatic heterocycles. The second-order valence-corrected chi connectivity index (χ2v) is 7.82. The molecule has 0 saturated carbocycles. The molecule has 120 valence electrons. The summed E-state index contributed by atoms with van der Waals surface area (Å²) in [5, 5.41) is 0. The summed E-state index contributed by atoms with van der Waals surface area (Å²) in [6, 6.07) is 0. The first-order valence-electron chi connectivity index (χ1n) is 7.92. The van der Waals surface area contributed by atoms with Gasteiger partial charge in [-0.2, -0.15) is 0 Å². The third-order valence-corrected chi connectivity index (χ3v) is 3.30. The van der Waals surface area contributed by atoms with E-state index in [1.807, 2.05) is 6.92 Å². The van der Waals surface area contributed by atoms with E-state index < -0.39 is 0 Å². The van der Waals surface area contributed by atoms with Crippen molar-refractivity contribution in [3.05, 3.63) is 11.4 Å². The number of nitrogens with two attached hydrogens (primary N) is 1. The van der Waals surface area contributed by atoms with Gasteiger partial charge in [0.2, 0.25) is 0 Å². The van der Waals surface area contributed by atoms with Crippen LogP contribution in [0.15, 0.2) is 0 Å². The lowest BCUT2D eigenvalue weighted by atomic mass is 9.95. The molecule has 0 aliphatic carbocycles. The Kier molecular flexibility index (Phi) is 5.60. The Hall–Kier alpha value is -1.32. The minimum absolute atomic E-state index is 0.0993. The van der Waals surface area contributed by atoms with Crippen LogP contribution in [0.4, 0.5) is 11.6 Å². The summed E-state index contributed by atoms with van der Waals surface area (Å²) < 4.78 is 0. The van der Waals surface area contributed by atoms with Crippen molar-refractivity contribution in [2.24, 2.45) is 11.8 Å². The van der Waals surface area contributed by atoms with Crippen molar-refractivity contribution in [1.29, 1.82) is 0 Å². The van der Waals surface area contributed by atoms with E-state index in [4.69, 9.17) is 10.7 Å². The molecule has 0 saturated heterocycles. The first-order chi connectivity index (χ1) is 9.52. The van der Waals surface area contributed by atoms with E-state index in [9.17, 15) is 0 Å². The van der Waals surface area contributed by atoms with Crippen molar-refractivity contribution in [3.63, 3.8) is 0 Å². The zero-order valence-corrected chi connectivity index (χ0v) is 15.0. The molecule has 4 heteroatoms. The van der Waals surface area contributed by atoms with Crippen LogP contribution in [0, 0.1) is 18.8 Å². The van der Waals surface area contributed by atoms with Crippen LogP contribution in [0.2, 0.25) is 0 Å². The highest BCUT2D eigenvalue weighted by Gasteiger charge is 2.23. The van der Waals surface area contributed by atoms with Gasteiger partial charge >= 0.3 is 0 Å². The highest BCUT2D eigenvalue weighted by molar-refractivity contribution is 5.57. The largest absolute Gasteiger partial charge is 0.383 e. The molecule has 0 amide bonds. The van der Waals surface area contributed by atoms with Crippen molar-refractivity contribution < 1.29 is 0 Å². The van der Waals surface area contributed by atoms with E-state index in [-0.39, 0.29) is 5.41 Å². The first kappa shape index (κ1) is 17.7. The van der Waals surface area contributed by atoms with Crippen LogP contribution < -0.4 is 10.6 Å². The summed E-state index contributed by atoms with van der Waals surface area (Å²) in [6.07, 6.45) is 0. The number of hydrogen-bond donors (Lipinski definition) is 1. The van der Waals surface area contributed by atoms with E-state index in [1.54, 1.807) is 0 Å². The first-order valence-corrected chi connectivity index (χ1v) is 7.92. The number of anilines is 2. The lowest BCUT2D eigenvalue weighted by molar-refractivity contribution is 0.528. The Morgan fingerprint density at radius 3 is 1.86 bits per heavy atom. The Bertz CT molecular complexity index is 462. The molecule has 0 fully saturated rings. The summed E-state index contributed by atoms with van der Waals surface area (Å²) >= 11 is 0. The van der Waals surface area contributed by atoms with Gasteiger partial charge in [0.15, 0.2) is 0 Å². The van der Waals surface area contributed by atoms with E-state index >= 15 is 0 Å². The third-order valence-electron chi connectivity index (χ3n) is 3.30. The van der Waals surface area contributed by atoms with E-state index in [0.29, 0.717) is 17.7 Å². The zero-order chi connectivity index (χ0) is 16.4. The molecule has 0 aliphatic rings. The maximum absolute atomic E-state index is 6.14. The smallest absolute Gasteiger partial charge is 0.138 e. The molecule has 0 radical (unpaired) electrons. The van der Waals surface area contributed by atoms with Gasteiger partial charge in [-0.1, -0.05) is 48.5 Å². The predicted octanol–water partition coefficient (Wildman–Crippen LogP) is 3.78. The second kappa shape index (κ2) is 6.63. The molecule has 0 bridgehead atoms. The van der Waals surface area contributed by atoms with Gasteiger partial charge in [-0.15, -0.1) is 0 Å². The molecule has 1 heterocycles. The van der Waals surface area contributed by atoms with Gasteiger partial charge in [-0.25, -0.2) is 9.97 Å². The van der Waals surface area contributed by atoms with Crippen LogP contribution in [0.3, 0.4) is 0 Å². The normalized spacial score (nSPS) is 12.3. The molecule has 0 unspecified atom stereocenters. The van der Waals surface area contributed by atoms with Crippen molar-refractivity contribution in [1.82, 2.24) is 9.97 Å². The lowest BCUT2D eigenvalue weighted by Crippen LogP contribution is -2.34. The monoisotopic (exact) mass is 292 g/mol. The van der Waals surface area contributed by atoms with Crippen molar-refractivity contribution in [2.75, 3.05) is 23.7 Å². The predicted molar refractivity (Wildman–Crippen MR) is 91.8 cm³/mol. The van der Waals surface area contributed by atoms with Gasteiger partial charge in [0.25, 0.3) is 0 Å². The molecule has 0 atom stereocenters. The number of nitrogen functional groups attached to an aromatic ring is 1. The van der Waals surface area contributed by atoms with Crippen molar-refractivity contribution >= 4 is 11.6 Å². The van der Waals surface area contributed by atoms with Gasteiger partial charge in [-0.3, -0.25) is 0 Å². The second-order valence-electron chi connectivity index (χ2n) is 7.82. The Balaban J connectivity index is 3.31. The third kappa shape index (κ3) is 4.87. The molecule has 2 N–H and O–H groups in total. The average molecular weight is 292 g/mol. The van der Waals surface area contributed by atoms with E-state index in [1.165, 1.54) is 0 Å². The van der Waals surface area contributed by atoms with E-state index in [0.717, 1.165) is 30.3 Å². The van der Waals surface area contributed by atoms with Crippen LogP contribution in [-0.4, -0.2) is 23.1 Å². The topological polar surface area (TPSA) is 55.0 Å². The van der Waals surface area contributed by atoms with Crippen LogP contribution in [0.1, 0.15) is 59.9 Å². The van der Waals surface area contributed by atoms with E-state index in [2.05, 4.69) is 58.4 Å².